The summed E-state index contributed by atoms with van der Waals surface area (Å²) in [5, 5.41) is 14.6. The fourth-order valence-corrected chi connectivity index (χ4v) is 2.40. The maximum absolute atomic E-state index is 11.9. The molecule has 26 heavy (non-hydrogen) atoms. The second-order valence-electron chi connectivity index (χ2n) is 5.12. The molecule has 0 saturated carbocycles. The summed E-state index contributed by atoms with van der Waals surface area (Å²) in [5.41, 5.74) is 0. The highest BCUT2D eigenvalue weighted by atomic mass is 32.1. The zero-order valence-corrected chi connectivity index (χ0v) is 16.6. The number of hydrogen-bond acceptors (Lipinski definition) is 9. The lowest BCUT2D eigenvalue weighted by atomic mass is 10.1. The minimum absolute atomic E-state index is 0.0410. The van der Waals surface area contributed by atoms with E-state index in [-0.39, 0.29) is 37.8 Å². The van der Waals surface area contributed by atoms with Crippen molar-refractivity contribution in [2.24, 2.45) is 11.8 Å². The highest BCUT2D eigenvalue weighted by Gasteiger charge is 2.28. The van der Waals surface area contributed by atoms with Crippen molar-refractivity contribution in [2.45, 2.75) is 20.0 Å². The van der Waals surface area contributed by atoms with Gasteiger partial charge in [0, 0.05) is 24.6 Å². The Morgan fingerprint density at radius 2 is 1.19 bits per heavy atom. The fourth-order valence-electron chi connectivity index (χ4n) is 1.77. The Kier molecular flexibility index (Phi) is 12.9. The third-order valence-corrected chi connectivity index (χ3v) is 3.89. The number of carbonyl (C=O) groups is 4. The lowest BCUT2D eigenvalue weighted by molar-refractivity contribution is -0.152. The van der Waals surface area contributed by atoms with Gasteiger partial charge in [0.15, 0.2) is 0 Å². The van der Waals surface area contributed by atoms with Crippen molar-refractivity contribution >= 4 is 49.0 Å². The highest BCUT2D eigenvalue weighted by molar-refractivity contribution is 7.80. The van der Waals surface area contributed by atoms with E-state index in [0.29, 0.717) is 0 Å². The molecule has 150 valence electrons. The van der Waals surface area contributed by atoms with Crippen LogP contribution in [0.5, 0.6) is 0 Å². The molecule has 0 aromatic heterocycles. The molecule has 0 aliphatic heterocycles. The number of amides is 2. The van der Waals surface area contributed by atoms with Gasteiger partial charge in [0.25, 0.3) is 0 Å². The molecule has 2 amide bonds. The van der Waals surface area contributed by atoms with Crippen LogP contribution in [0.25, 0.3) is 0 Å². The van der Waals surface area contributed by atoms with E-state index in [9.17, 15) is 24.3 Å². The summed E-state index contributed by atoms with van der Waals surface area (Å²) >= 11 is 7.87. The van der Waals surface area contributed by atoms with Gasteiger partial charge in [0.05, 0.1) is 19.3 Å². The first kappa shape index (κ1) is 24.5. The molecular weight excluding hydrogens is 384 g/mol. The van der Waals surface area contributed by atoms with E-state index in [4.69, 9.17) is 9.47 Å². The lowest BCUT2D eigenvalue weighted by Crippen LogP contribution is -2.46. The first-order chi connectivity index (χ1) is 12.3. The minimum atomic E-state index is -1.12. The van der Waals surface area contributed by atoms with Crippen molar-refractivity contribution in [3.63, 3.8) is 0 Å². The summed E-state index contributed by atoms with van der Waals surface area (Å²) in [4.78, 5) is 47.0. The molecule has 0 heterocycles. The maximum Gasteiger partial charge on any atom is 0.319 e. The van der Waals surface area contributed by atoms with Crippen LogP contribution < -0.4 is 10.6 Å². The van der Waals surface area contributed by atoms with Crippen molar-refractivity contribution < 1.29 is 33.8 Å². The highest BCUT2D eigenvalue weighted by Crippen LogP contribution is 2.04. The van der Waals surface area contributed by atoms with Crippen LogP contribution in [0, 0.1) is 11.8 Å². The third-order valence-electron chi connectivity index (χ3n) is 3.16. The summed E-state index contributed by atoms with van der Waals surface area (Å²) in [5.74, 6) is -4.92. The topological polar surface area (TPSA) is 131 Å². The number of hydrogen-bond donors (Lipinski definition) is 5. The zero-order chi connectivity index (χ0) is 20.1. The van der Waals surface area contributed by atoms with Gasteiger partial charge in [-0.3, -0.25) is 19.2 Å². The van der Waals surface area contributed by atoms with Crippen LogP contribution in [0.2, 0.25) is 0 Å². The van der Waals surface area contributed by atoms with Crippen molar-refractivity contribution in [1.82, 2.24) is 10.6 Å². The molecule has 11 heteroatoms. The molecule has 0 spiro atoms. The van der Waals surface area contributed by atoms with Crippen molar-refractivity contribution in [3.8, 4) is 0 Å². The SMILES string of the molecule is CCOC(=O)C(CS)C(=O)NCC(O)CNC(=O)C(CS)C(=O)OCC. The van der Waals surface area contributed by atoms with Crippen molar-refractivity contribution in [3.05, 3.63) is 0 Å². The molecule has 2 atom stereocenters. The number of esters is 2. The number of aliphatic hydroxyl groups excluding tert-OH is 1. The Labute approximate surface area is 163 Å². The van der Waals surface area contributed by atoms with Crippen molar-refractivity contribution in [2.75, 3.05) is 37.8 Å². The maximum atomic E-state index is 11.9. The third kappa shape index (κ3) is 8.77. The molecule has 2 unspecified atom stereocenters. The lowest BCUT2D eigenvalue weighted by Gasteiger charge is -2.18. The molecule has 0 rings (SSSR count). The molecule has 0 saturated heterocycles. The van der Waals surface area contributed by atoms with Crippen LogP contribution in [0.4, 0.5) is 0 Å². The smallest absolute Gasteiger partial charge is 0.319 e. The summed E-state index contributed by atoms with van der Waals surface area (Å²) in [7, 11) is 0. The van der Waals surface area contributed by atoms with E-state index in [1.54, 1.807) is 13.8 Å². The average Bonchev–Trinajstić information content (AvgIpc) is 2.59. The zero-order valence-electron chi connectivity index (χ0n) is 14.8. The number of carbonyl (C=O) groups excluding carboxylic acids is 4. The number of thiol groups is 2. The normalized spacial score (nSPS) is 13.9. The Balaban J connectivity index is 4.38. The fraction of sp³-hybridized carbons (Fsp3) is 0.733. The predicted octanol–water partition coefficient (Wildman–Crippen LogP) is -1.20. The minimum Gasteiger partial charge on any atom is -0.465 e. The monoisotopic (exact) mass is 410 g/mol. The summed E-state index contributed by atoms with van der Waals surface area (Å²) in [6.45, 7) is 3.11. The molecular formula is C15H26N2O7S2. The number of aliphatic hydroxyl groups is 1. The summed E-state index contributed by atoms with van der Waals surface area (Å²) < 4.78 is 9.53. The van der Waals surface area contributed by atoms with Crippen LogP contribution in [0.1, 0.15) is 13.8 Å². The van der Waals surface area contributed by atoms with Gasteiger partial charge in [-0.2, -0.15) is 25.3 Å². The largest absolute Gasteiger partial charge is 0.465 e. The molecule has 0 aromatic carbocycles. The molecule has 3 N–H and O–H groups in total. The van der Waals surface area contributed by atoms with Crippen LogP contribution in [0.3, 0.4) is 0 Å². The first-order valence-corrected chi connectivity index (χ1v) is 9.37. The molecule has 0 aliphatic carbocycles. The van der Waals surface area contributed by atoms with E-state index >= 15 is 0 Å². The standard InChI is InChI=1S/C15H26N2O7S2/c1-3-23-14(21)10(7-25)12(19)16-5-9(18)6-17-13(20)11(8-26)15(22)24-4-2/h9-11,18,25-26H,3-8H2,1-2H3,(H,16,19)(H,17,20). The molecule has 0 aromatic rings. The van der Waals surface area contributed by atoms with Gasteiger partial charge in [-0.15, -0.1) is 0 Å². The van der Waals surface area contributed by atoms with Crippen LogP contribution in [-0.4, -0.2) is 72.8 Å². The molecule has 0 fully saturated rings. The van der Waals surface area contributed by atoms with E-state index in [1.807, 2.05) is 0 Å². The van der Waals surface area contributed by atoms with Crippen LogP contribution in [-0.2, 0) is 28.7 Å². The number of rotatable bonds is 12. The Morgan fingerprint density at radius 3 is 1.46 bits per heavy atom. The number of ether oxygens (including phenoxy) is 2. The van der Waals surface area contributed by atoms with E-state index in [0.717, 1.165) is 0 Å². The van der Waals surface area contributed by atoms with Gasteiger partial charge in [0.2, 0.25) is 11.8 Å². The first-order valence-electron chi connectivity index (χ1n) is 8.10. The second-order valence-corrected chi connectivity index (χ2v) is 5.85. The molecule has 0 bridgehead atoms. The van der Waals surface area contributed by atoms with Crippen molar-refractivity contribution in [1.29, 1.82) is 0 Å². The van der Waals surface area contributed by atoms with Gasteiger partial charge < -0.3 is 25.2 Å². The Morgan fingerprint density at radius 1 is 0.846 bits per heavy atom. The second kappa shape index (κ2) is 13.7. The Hall–Kier alpha value is -1.46. The predicted molar refractivity (Wildman–Crippen MR) is 100.0 cm³/mol. The quantitative estimate of drug-likeness (QED) is 0.155. The van der Waals surface area contributed by atoms with E-state index in [1.165, 1.54) is 0 Å². The van der Waals surface area contributed by atoms with Crippen LogP contribution >= 0.6 is 25.3 Å². The molecule has 0 aliphatic rings. The van der Waals surface area contributed by atoms with E-state index < -0.39 is 41.7 Å². The average molecular weight is 411 g/mol. The van der Waals surface area contributed by atoms with Gasteiger partial charge in [0.1, 0.15) is 11.8 Å². The van der Waals surface area contributed by atoms with Crippen LogP contribution in [0.15, 0.2) is 0 Å². The molecule has 9 nitrogen and oxygen atoms in total. The summed E-state index contributed by atoms with van der Waals surface area (Å²) in [6, 6.07) is 0. The van der Waals surface area contributed by atoms with Gasteiger partial charge in [-0.05, 0) is 13.8 Å². The van der Waals surface area contributed by atoms with Gasteiger partial charge in [-0.1, -0.05) is 0 Å². The van der Waals surface area contributed by atoms with E-state index in [2.05, 4.69) is 35.9 Å². The number of nitrogens with one attached hydrogen (secondary N) is 2. The molecule has 0 radical (unpaired) electrons. The Bertz CT molecular complexity index is 449. The summed E-state index contributed by atoms with van der Waals surface area (Å²) in [6.07, 6.45) is -1.12. The van der Waals surface area contributed by atoms with Gasteiger partial charge >= 0.3 is 11.9 Å². The van der Waals surface area contributed by atoms with Gasteiger partial charge in [-0.25, -0.2) is 0 Å².